The zero-order valence-electron chi connectivity index (χ0n) is 14.3. The van der Waals surface area contributed by atoms with E-state index in [2.05, 4.69) is 17.3 Å². The number of fused-ring (bicyclic) bond motifs is 2. The van der Waals surface area contributed by atoms with Gasteiger partial charge in [0.2, 0.25) is 0 Å². The molecule has 2 aromatic heterocycles. The first-order chi connectivity index (χ1) is 12.7. The summed E-state index contributed by atoms with van der Waals surface area (Å²) in [6, 6.07) is 9.30. The third-order valence-corrected chi connectivity index (χ3v) is 5.88. The summed E-state index contributed by atoms with van der Waals surface area (Å²) in [5, 5.41) is 3.78. The number of nitrogens with one attached hydrogen (secondary N) is 1. The lowest BCUT2D eigenvalue weighted by Gasteiger charge is -2.05. The Balaban J connectivity index is 1.66. The highest BCUT2D eigenvalue weighted by Crippen LogP contribution is 2.35. The molecule has 0 aliphatic heterocycles. The van der Waals surface area contributed by atoms with Gasteiger partial charge in [-0.3, -0.25) is 4.79 Å². The van der Waals surface area contributed by atoms with Crippen molar-refractivity contribution in [2.24, 2.45) is 0 Å². The Labute approximate surface area is 156 Å². The Morgan fingerprint density at radius 3 is 2.73 bits per heavy atom. The molecule has 5 heteroatoms. The van der Waals surface area contributed by atoms with E-state index in [1.165, 1.54) is 36.2 Å². The zero-order valence-corrected chi connectivity index (χ0v) is 15.2. The van der Waals surface area contributed by atoms with Crippen molar-refractivity contribution in [1.82, 2.24) is 4.98 Å². The molecule has 1 amide bonds. The number of terminal acetylenes is 1. The Morgan fingerprint density at radius 2 is 1.96 bits per heavy atom. The number of carbonyl (C=O) groups is 1. The number of nitrogen functional groups attached to an aromatic ring is 1. The molecule has 0 spiro atoms. The summed E-state index contributed by atoms with van der Waals surface area (Å²) >= 11 is 1.36. The summed E-state index contributed by atoms with van der Waals surface area (Å²) in [6.07, 6.45) is 11.0. The van der Waals surface area contributed by atoms with Crippen LogP contribution in [0.3, 0.4) is 0 Å². The number of anilines is 2. The molecule has 2 heterocycles. The van der Waals surface area contributed by atoms with E-state index >= 15 is 0 Å². The minimum absolute atomic E-state index is 0.214. The topological polar surface area (TPSA) is 68.0 Å². The molecule has 1 aromatic carbocycles. The van der Waals surface area contributed by atoms with Gasteiger partial charge in [-0.1, -0.05) is 12.3 Å². The number of pyridine rings is 1. The number of nitrogens with two attached hydrogens (primary N) is 1. The maximum absolute atomic E-state index is 12.7. The van der Waals surface area contributed by atoms with Gasteiger partial charge >= 0.3 is 0 Å². The van der Waals surface area contributed by atoms with Gasteiger partial charge in [0, 0.05) is 22.3 Å². The van der Waals surface area contributed by atoms with Crippen LogP contribution in [0.25, 0.3) is 10.2 Å². The minimum Gasteiger partial charge on any atom is -0.397 e. The van der Waals surface area contributed by atoms with Crippen molar-refractivity contribution in [2.45, 2.75) is 32.1 Å². The lowest BCUT2D eigenvalue weighted by molar-refractivity contribution is 0.103. The maximum Gasteiger partial charge on any atom is 0.267 e. The van der Waals surface area contributed by atoms with E-state index in [9.17, 15) is 4.79 Å². The average Bonchev–Trinajstić information content (AvgIpc) is 2.82. The van der Waals surface area contributed by atoms with Gasteiger partial charge < -0.3 is 11.1 Å². The van der Waals surface area contributed by atoms with Crippen LogP contribution >= 0.6 is 11.3 Å². The molecule has 3 aromatic rings. The molecule has 0 saturated carbocycles. The van der Waals surface area contributed by atoms with Gasteiger partial charge in [-0.05, 0) is 61.6 Å². The van der Waals surface area contributed by atoms with Crippen LogP contribution in [-0.4, -0.2) is 10.9 Å². The number of aryl methyl sites for hydroxylation is 2. The van der Waals surface area contributed by atoms with Gasteiger partial charge in [-0.25, -0.2) is 4.98 Å². The van der Waals surface area contributed by atoms with Crippen molar-refractivity contribution >= 4 is 38.8 Å². The third-order valence-electron chi connectivity index (χ3n) is 4.77. The van der Waals surface area contributed by atoms with Crippen molar-refractivity contribution in [3.8, 4) is 12.3 Å². The predicted molar refractivity (Wildman–Crippen MR) is 108 cm³/mol. The molecule has 0 fully saturated rings. The zero-order chi connectivity index (χ0) is 18.1. The number of benzene rings is 1. The smallest absolute Gasteiger partial charge is 0.267 e. The number of rotatable bonds is 2. The molecule has 1 aliphatic carbocycles. The summed E-state index contributed by atoms with van der Waals surface area (Å²) in [5.41, 5.74) is 10.7. The second kappa shape index (κ2) is 6.81. The largest absolute Gasteiger partial charge is 0.397 e. The van der Waals surface area contributed by atoms with E-state index in [4.69, 9.17) is 17.1 Å². The Kier molecular flexibility index (Phi) is 4.36. The quantitative estimate of drug-likeness (QED) is 0.526. The van der Waals surface area contributed by atoms with Gasteiger partial charge in [-0.2, -0.15) is 0 Å². The molecule has 4 nitrogen and oxygen atoms in total. The molecular formula is C21H19N3OS. The summed E-state index contributed by atoms with van der Waals surface area (Å²) in [5.74, 6) is 2.34. The van der Waals surface area contributed by atoms with Gasteiger partial charge in [-0.15, -0.1) is 17.8 Å². The monoisotopic (exact) mass is 361 g/mol. The number of aromatic nitrogens is 1. The number of hydrogen-bond acceptors (Lipinski definition) is 4. The van der Waals surface area contributed by atoms with Gasteiger partial charge in [0.15, 0.2) is 0 Å². The highest BCUT2D eigenvalue weighted by atomic mass is 32.1. The molecule has 0 saturated heterocycles. The predicted octanol–water partition coefficient (Wildman–Crippen LogP) is 4.38. The molecule has 4 rings (SSSR count). The number of nitrogens with zero attached hydrogens (tertiary/aromatic N) is 1. The van der Waals surface area contributed by atoms with Crippen LogP contribution in [0.1, 0.15) is 45.8 Å². The van der Waals surface area contributed by atoms with Crippen molar-refractivity contribution in [3.63, 3.8) is 0 Å². The number of thiophene rings is 1. The van der Waals surface area contributed by atoms with Crippen LogP contribution in [0, 0.1) is 12.3 Å². The third kappa shape index (κ3) is 3.04. The summed E-state index contributed by atoms with van der Waals surface area (Å²) < 4.78 is 0. The highest BCUT2D eigenvalue weighted by molar-refractivity contribution is 7.21. The molecule has 0 unspecified atom stereocenters. The molecular weight excluding hydrogens is 342 g/mol. The number of amides is 1. The second-order valence-electron chi connectivity index (χ2n) is 6.53. The van der Waals surface area contributed by atoms with Crippen LogP contribution in [-0.2, 0) is 12.8 Å². The molecule has 0 bridgehead atoms. The van der Waals surface area contributed by atoms with Crippen molar-refractivity contribution < 1.29 is 4.79 Å². The first-order valence-corrected chi connectivity index (χ1v) is 9.56. The van der Waals surface area contributed by atoms with E-state index in [-0.39, 0.29) is 5.91 Å². The lowest BCUT2D eigenvalue weighted by Crippen LogP contribution is -2.11. The van der Waals surface area contributed by atoms with Crippen molar-refractivity contribution in [2.75, 3.05) is 11.1 Å². The van der Waals surface area contributed by atoms with E-state index in [0.717, 1.165) is 34.3 Å². The first kappa shape index (κ1) is 16.6. The van der Waals surface area contributed by atoms with Gasteiger partial charge in [0.25, 0.3) is 5.91 Å². The average molecular weight is 361 g/mol. The molecule has 0 radical (unpaired) electrons. The van der Waals surface area contributed by atoms with E-state index in [0.29, 0.717) is 16.3 Å². The summed E-state index contributed by atoms with van der Waals surface area (Å²) in [4.78, 5) is 18.8. The van der Waals surface area contributed by atoms with Crippen LogP contribution in [0.2, 0.25) is 0 Å². The van der Waals surface area contributed by atoms with Gasteiger partial charge in [0.05, 0.1) is 5.69 Å². The van der Waals surface area contributed by atoms with Crippen LogP contribution in [0.15, 0.2) is 30.3 Å². The number of carbonyl (C=O) groups excluding carboxylic acids is 1. The summed E-state index contributed by atoms with van der Waals surface area (Å²) in [6.45, 7) is 0. The van der Waals surface area contributed by atoms with Crippen LogP contribution in [0.5, 0.6) is 0 Å². The maximum atomic E-state index is 12.7. The summed E-state index contributed by atoms with van der Waals surface area (Å²) in [7, 11) is 0. The molecule has 26 heavy (non-hydrogen) atoms. The first-order valence-electron chi connectivity index (χ1n) is 8.74. The molecule has 130 valence electrons. The fourth-order valence-corrected chi connectivity index (χ4v) is 4.33. The fraction of sp³-hybridized carbons (Fsp3) is 0.238. The fourth-order valence-electron chi connectivity index (χ4n) is 3.34. The van der Waals surface area contributed by atoms with E-state index in [1.54, 1.807) is 24.3 Å². The Bertz CT molecular complexity index is 1030. The molecule has 3 N–H and O–H groups in total. The SMILES string of the molecule is C#Cc1ccc(NC(=O)c2sc3nc4c(cc3c2N)CCCCC4)cc1. The van der Waals surface area contributed by atoms with Crippen LogP contribution < -0.4 is 11.1 Å². The minimum atomic E-state index is -0.214. The Morgan fingerprint density at radius 1 is 1.19 bits per heavy atom. The normalized spacial score (nSPS) is 13.7. The molecule has 1 aliphatic rings. The lowest BCUT2D eigenvalue weighted by atomic mass is 10.1. The molecule has 0 atom stereocenters. The van der Waals surface area contributed by atoms with Crippen molar-refractivity contribution in [1.29, 1.82) is 0 Å². The van der Waals surface area contributed by atoms with Crippen molar-refractivity contribution in [3.05, 3.63) is 52.0 Å². The second-order valence-corrected chi connectivity index (χ2v) is 7.53. The Hall–Kier alpha value is -2.84. The van der Waals surface area contributed by atoms with Crippen LogP contribution in [0.4, 0.5) is 11.4 Å². The van der Waals surface area contributed by atoms with Gasteiger partial charge in [0.1, 0.15) is 9.71 Å². The standard InChI is InChI=1S/C21H19N3OS/c1-2-13-8-10-15(11-9-13)23-20(25)19-18(22)16-12-14-6-4-3-5-7-17(14)24-21(16)26-19/h1,8-12H,3-7,22H2,(H,23,25). The highest BCUT2D eigenvalue weighted by Gasteiger charge is 2.20. The van der Waals surface area contributed by atoms with E-state index < -0.39 is 0 Å². The number of hydrogen-bond donors (Lipinski definition) is 2. The van der Waals surface area contributed by atoms with E-state index in [1.807, 2.05) is 0 Å².